The molecule has 0 aromatic heterocycles. The van der Waals surface area contributed by atoms with Crippen molar-refractivity contribution in [2.24, 2.45) is 5.92 Å². The molecule has 0 heterocycles. The third-order valence-corrected chi connectivity index (χ3v) is 9.37. The van der Waals surface area contributed by atoms with Crippen molar-refractivity contribution in [2.45, 2.75) is 83.0 Å². The van der Waals surface area contributed by atoms with Crippen LogP contribution in [0.2, 0.25) is 18.1 Å². The summed E-state index contributed by atoms with van der Waals surface area (Å²) in [6.45, 7) is 10.7. The predicted molar refractivity (Wildman–Crippen MR) is 79.7 cm³/mol. The van der Waals surface area contributed by atoms with Gasteiger partial charge in [-0.3, -0.25) is 0 Å². The van der Waals surface area contributed by atoms with Crippen LogP contribution >= 0.6 is 0 Å². The highest BCUT2D eigenvalue weighted by atomic mass is 28.4. The number of carbonyl (C=O) groups is 1. The van der Waals surface area contributed by atoms with Crippen LogP contribution in [0.3, 0.4) is 0 Å². The Morgan fingerprint density at radius 3 is 2.20 bits per heavy atom. The van der Waals surface area contributed by atoms with E-state index < -0.39 is 14.2 Å². The van der Waals surface area contributed by atoms with E-state index in [0.29, 0.717) is 19.3 Å². The van der Waals surface area contributed by atoms with Gasteiger partial charge in [0.05, 0.1) is 6.10 Å². The Morgan fingerprint density at radius 2 is 1.80 bits per heavy atom. The standard InChI is InChI=1S/C15H28F2O2Si/c1-14(2,3)20(4,5)19-13(8-11-18)12-6-9-15(16,17)10-7-12/h11-13H,6-10H2,1-5H3. The zero-order valence-electron chi connectivity index (χ0n) is 13.3. The number of halogens is 2. The first kappa shape index (κ1) is 17.8. The summed E-state index contributed by atoms with van der Waals surface area (Å²) in [5, 5.41) is 0.0622. The lowest BCUT2D eigenvalue weighted by atomic mass is 9.82. The Kier molecular flexibility index (Phi) is 5.52. The van der Waals surface area contributed by atoms with E-state index in [4.69, 9.17) is 4.43 Å². The molecule has 1 fully saturated rings. The molecule has 1 aliphatic rings. The quantitative estimate of drug-likeness (QED) is 0.539. The summed E-state index contributed by atoms with van der Waals surface area (Å²) in [7, 11) is -1.97. The van der Waals surface area contributed by atoms with Crippen molar-refractivity contribution in [3.05, 3.63) is 0 Å². The monoisotopic (exact) mass is 306 g/mol. The van der Waals surface area contributed by atoms with Crippen LogP contribution in [0.4, 0.5) is 8.78 Å². The highest BCUT2D eigenvalue weighted by Gasteiger charge is 2.43. The Labute approximate surface area is 122 Å². The first-order valence-corrected chi connectivity index (χ1v) is 10.4. The summed E-state index contributed by atoms with van der Waals surface area (Å²) in [5.74, 6) is -2.44. The van der Waals surface area contributed by atoms with E-state index in [1.165, 1.54) is 0 Å². The molecule has 1 unspecified atom stereocenters. The number of hydrogen-bond donors (Lipinski definition) is 0. The third-order valence-electron chi connectivity index (χ3n) is 4.87. The van der Waals surface area contributed by atoms with Gasteiger partial charge in [-0.05, 0) is 36.9 Å². The molecule has 0 saturated heterocycles. The molecule has 5 heteroatoms. The van der Waals surface area contributed by atoms with E-state index in [9.17, 15) is 13.6 Å². The van der Waals surface area contributed by atoms with Gasteiger partial charge in [-0.2, -0.15) is 0 Å². The van der Waals surface area contributed by atoms with Crippen molar-refractivity contribution in [3.8, 4) is 0 Å². The Morgan fingerprint density at radius 1 is 1.30 bits per heavy atom. The van der Waals surface area contributed by atoms with Gasteiger partial charge in [-0.1, -0.05) is 20.8 Å². The van der Waals surface area contributed by atoms with E-state index in [-0.39, 0.29) is 29.9 Å². The molecule has 0 amide bonds. The average Bonchev–Trinajstić information content (AvgIpc) is 2.26. The molecule has 118 valence electrons. The first-order chi connectivity index (χ1) is 8.98. The third kappa shape index (κ3) is 4.62. The van der Waals surface area contributed by atoms with Gasteiger partial charge in [0.15, 0.2) is 8.32 Å². The highest BCUT2D eigenvalue weighted by Crippen LogP contribution is 2.42. The zero-order valence-corrected chi connectivity index (χ0v) is 14.3. The molecule has 0 aliphatic heterocycles. The molecule has 0 aromatic carbocycles. The maximum absolute atomic E-state index is 13.3. The zero-order chi connectivity index (χ0) is 15.6. The van der Waals surface area contributed by atoms with Gasteiger partial charge in [0.1, 0.15) is 6.29 Å². The van der Waals surface area contributed by atoms with Crippen molar-refractivity contribution in [1.82, 2.24) is 0 Å². The molecule has 0 radical (unpaired) electrons. The molecular weight excluding hydrogens is 278 g/mol. The lowest BCUT2D eigenvalue weighted by Crippen LogP contribution is -2.46. The molecule has 0 spiro atoms. The Balaban J connectivity index is 2.73. The number of hydrogen-bond acceptors (Lipinski definition) is 2. The highest BCUT2D eigenvalue weighted by molar-refractivity contribution is 6.74. The summed E-state index contributed by atoms with van der Waals surface area (Å²) in [4.78, 5) is 10.9. The van der Waals surface area contributed by atoms with Crippen LogP contribution in [0.1, 0.15) is 52.9 Å². The van der Waals surface area contributed by atoms with E-state index in [1.54, 1.807) is 0 Å². The average molecular weight is 306 g/mol. The smallest absolute Gasteiger partial charge is 0.248 e. The topological polar surface area (TPSA) is 26.3 Å². The molecule has 1 saturated carbocycles. The van der Waals surface area contributed by atoms with Crippen molar-refractivity contribution >= 4 is 14.6 Å². The maximum Gasteiger partial charge on any atom is 0.248 e. The van der Waals surface area contributed by atoms with Crippen molar-refractivity contribution in [3.63, 3.8) is 0 Å². The normalized spacial score (nSPS) is 22.6. The van der Waals surface area contributed by atoms with Crippen molar-refractivity contribution in [1.29, 1.82) is 0 Å². The van der Waals surface area contributed by atoms with E-state index in [0.717, 1.165) is 6.29 Å². The largest absolute Gasteiger partial charge is 0.413 e. The number of alkyl halides is 2. The Hall–Kier alpha value is -0.293. The molecule has 0 N–H and O–H groups in total. The first-order valence-electron chi connectivity index (χ1n) is 7.48. The molecule has 20 heavy (non-hydrogen) atoms. The fraction of sp³-hybridized carbons (Fsp3) is 0.933. The van der Waals surface area contributed by atoms with Gasteiger partial charge in [0, 0.05) is 19.3 Å². The van der Waals surface area contributed by atoms with Gasteiger partial charge in [-0.25, -0.2) is 8.78 Å². The van der Waals surface area contributed by atoms with E-state index >= 15 is 0 Å². The minimum Gasteiger partial charge on any atom is -0.413 e. The van der Waals surface area contributed by atoms with Crippen LogP contribution in [-0.2, 0) is 9.22 Å². The van der Waals surface area contributed by atoms with Crippen LogP contribution in [0.5, 0.6) is 0 Å². The molecule has 0 aromatic rings. The molecular formula is C15H28F2O2Si. The maximum atomic E-state index is 13.3. The van der Waals surface area contributed by atoms with Crippen LogP contribution in [0.15, 0.2) is 0 Å². The van der Waals surface area contributed by atoms with Crippen LogP contribution in [0.25, 0.3) is 0 Å². The van der Waals surface area contributed by atoms with Gasteiger partial charge >= 0.3 is 0 Å². The van der Waals surface area contributed by atoms with Crippen molar-refractivity contribution < 1.29 is 18.0 Å². The van der Waals surface area contributed by atoms with Crippen LogP contribution < -0.4 is 0 Å². The minimum absolute atomic E-state index is 0.0622. The van der Waals surface area contributed by atoms with Crippen LogP contribution in [-0.4, -0.2) is 26.6 Å². The van der Waals surface area contributed by atoms with E-state index in [2.05, 4.69) is 33.9 Å². The fourth-order valence-electron chi connectivity index (χ4n) is 2.42. The molecule has 1 atom stereocenters. The predicted octanol–water partition coefficient (Wildman–Crippen LogP) is 4.79. The van der Waals surface area contributed by atoms with Gasteiger partial charge in [0.25, 0.3) is 0 Å². The van der Waals surface area contributed by atoms with Crippen molar-refractivity contribution in [2.75, 3.05) is 0 Å². The number of carbonyl (C=O) groups excluding carboxylic acids is 1. The lowest BCUT2D eigenvalue weighted by Gasteiger charge is -2.42. The lowest BCUT2D eigenvalue weighted by molar-refractivity contribution is -0.110. The molecule has 2 nitrogen and oxygen atoms in total. The molecule has 1 rings (SSSR count). The fourth-order valence-corrected chi connectivity index (χ4v) is 3.82. The van der Waals surface area contributed by atoms with Gasteiger partial charge in [-0.15, -0.1) is 0 Å². The van der Waals surface area contributed by atoms with Gasteiger partial charge in [0.2, 0.25) is 5.92 Å². The summed E-state index contributed by atoms with van der Waals surface area (Å²) in [6, 6.07) is 0. The summed E-state index contributed by atoms with van der Waals surface area (Å²) >= 11 is 0. The molecule has 0 bridgehead atoms. The summed E-state index contributed by atoms with van der Waals surface area (Å²) in [6.07, 6.45) is 1.76. The second-order valence-electron chi connectivity index (χ2n) is 7.51. The Bertz CT molecular complexity index is 327. The second kappa shape index (κ2) is 6.22. The molecule has 1 aliphatic carbocycles. The number of rotatable bonds is 5. The van der Waals surface area contributed by atoms with Gasteiger partial charge < -0.3 is 9.22 Å². The van der Waals surface area contributed by atoms with Crippen LogP contribution in [0, 0.1) is 5.92 Å². The SMILES string of the molecule is CC(C)(C)[Si](C)(C)OC(CC=O)C1CCC(F)(F)CC1. The van der Waals surface area contributed by atoms with E-state index in [1.807, 2.05) is 0 Å². The second-order valence-corrected chi connectivity index (χ2v) is 12.3. The number of aldehydes is 1. The summed E-state index contributed by atoms with van der Waals surface area (Å²) in [5.41, 5.74) is 0. The minimum atomic E-state index is -2.53. The summed E-state index contributed by atoms with van der Waals surface area (Å²) < 4.78 is 32.8.